The van der Waals surface area contributed by atoms with Crippen molar-refractivity contribution in [3.63, 3.8) is 0 Å². The number of carbonyl (C=O) groups is 2. The summed E-state index contributed by atoms with van der Waals surface area (Å²) in [6.07, 6.45) is 4.54. The molecule has 0 saturated carbocycles. The maximum Gasteiger partial charge on any atom is 0.407 e. The molecule has 5 rings (SSSR count). The van der Waals surface area contributed by atoms with Gasteiger partial charge in [0.1, 0.15) is 5.60 Å². The molecule has 212 valence electrons. The number of Topliss-reactive ketones (excluding diaryl/α,β-unsaturated/α-hetero) is 1. The van der Waals surface area contributed by atoms with E-state index in [1.165, 1.54) is 0 Å². The average Bonchev–Trinajstić information content (AvgIpc) is 3.00. The molecular weight excluding hydrogens is 526 g/mol. The summed E-state index contributed by atoms with van der Waals surface area (Å²) in [6, 6.07) is 25.5. The van der Waals surface area contributed by atoms with Gasteiger partial charge >= 0.3 is 6.09 Å². The maximum atomic E-state index is 13.2. The molecule has 3 heterocycles. The van der Waals surface area contributed by atoms with Crippen molar-refractivity contribution in [1.29, 1.82) is 0 Å². The Morgan fingerprint density at radius 3 is 2.29 bits per heavy atom. The normalized spacial score (nSPS) is 12.1. The number of alkyl carbamates (subject to hydrolysis) is 1. The number of hydrogen-bond acceptors (Lipinski definition) is 7. The number of nitrogens with one attached hydrogen (secondary N) is 1. The highest BCUT2D eigenvalue weighted by atomic mass is 16.6. The molecule has 0 spiro atoms. The van der Waals surface area contributed by atoms with Crippen LogP contribution in [0.3, 0.4) is 0 Å². The highest BCUT2D eigenvalue weighted by Gasteiger charge is 2.26. The van der Waals surface area contributed by atoms with E-state index in [9.17, 15) is 9.59 Å². The molecule has 3 N–H and O–H groups in total. The minimum Gasteiger partial charge on any atom is -0.444 e. The van der Waals surface area contributed by atoms with Crippen LogP contribution in [0.4, 0.5) is 4.79 Å². The summed E-state index contributed by atoms with van der Waals surface area (Å²) in [7, 11) is 0. The average molecular weight is 560 g/mol. The fraction of sp³-hybridized carbons (Fsp3) is 0.206. The molecule has 5 aromatic rings. The van der Waals surface area contributed by atoms with E-state index in [2.05, 4.69) is 21.4 Å². The Balaban J connectivity index is 1.58. The molecule has 42 heavy (non-hydrogen) atoms. The number of ether oxygens (including phenoxy) is 1. The van der Waals surface area contributed by atoms with Crippen LogP contribution in [-0.2, 0) is 16.1 Å². The molecule has 8 heteroatoms. The maximum absolute atomic E-state index is 13.2. The predicted molar refractivity (Wildman–Crippen MR) is 164 cm³/mol. The summed E-state index contributed by atoms with van der Waals surface area (Å²) in [6.45, 7) is 5.72. The first-order chi connectivity index (χ1) is 20.2. The minimum absolute atomic E-state index is 0.114. The number of carbonyl (C=O) groups excluding carboxylic acids is 2. The van der Waals surface area contributed by atoms with Gasteiger partial charge in [0, 0.05) is 41.6 Å². The highest BCUT2D eigenvalue weighted by molar-refractivity contribution is 5.98. The van der Waals surface area contributed by atoms with Crippen LogP contribution in [0.2, 0.25) is 0 Å². The quantitative estimate of drug-likeness (QED) is 0.238. The van der Waals surface area contributed by atoms with Crippen LogP contribution in [0.5, 0.6) is 0 Å². The minimum atomic E-state index is -0.644. The Morgan fingerprint density at radius 2 is 1.62 bits per heavy atom. The fourth-order valence-corrected chi connectivity index (χ4v) is 4.84. The number of benzene rings is 2. The molecule has 8 nitrogen and oxygen atoms in total. The van der Waals surface area contributed by atoms with Crippen molar-refractivity contribution < 1.29 is 14.3 Å². The third kappa shape index (κ3) is 6.50. The lowest BCUT2D eigenvalue weighted by molar-refractivity contribution is -0.118. The Morgan fingerprint density at radius 1 is 0.905 bits per heavy atom. The molecule has 0 aliphatic heterocycles. The molecule has 3 aromatic heterocycles. The van der Waals surface area contributed by atoms with Gasteiger partial charge in [-0.05, 0) is 61.7 Å². The van der Waals surface area contributed by atoms with Crippen LogP contribution >= 0.6 is 0 Å². The SMILES string of the molecule is CC(C)(C)OC(=O)NCc1ccc(-c2nc3ccnc(C(C(=O)CN)c4ccncc4)c3cc2-c2ccccc2)cc1. The van der Waals surface area contributed by atoms with Crippen molar-refractivity contribution in [2.45, 2.75) is 38.8 Å². The van der Waals surface area contributed by atoms with E-state index in [1.807, 2.05) is 93.6 Å². The van der Waals surface area contributed by atoms with Gasteiger partial charge in [0.15, 0.2) is 5.78 Å². The molecule has 2 aromatic carbocycles. The van der Waals surface area contributed by atoms with Gasteiger partial charge in [-0.15, -0.1) is 0 Å². The second-order valence-electron chi connectivity index (χ2n) is 10.9. The zero-order valence-electron chi connectivity index (χ0n) is 23.9. The largest absolute Gasteiger partial charge is 0.444 e. The summed E-state index contributed by atoms with van der Waals surface area (Å²) in [5.74, 6) is -0.781. The Hall–Kier alpha value is -4.95. The smallest absolute Gasteiger partial charge is 0.407 e. The number of rotatable bonds is 8. The van der Waals surface area contributed by atoms with Gasteiger partial charge in [-0.1, -0.05) is 54.6 Å². The van der Waals surface area contributed by atoms with E-state index < -0.39 is 17.6 Å². The molecule has 1 atom stereocenters. The number of pyridine rings is 3. The highest BCUT2D eigenvalue weighted by Crippen LogP contribution is 2.37. The number of nitrogens with zero attached hydrogens (tertiary/aromatic N) is 3. The van der Waals surface area contributed by atoms with Crippen LogP contribution in [0, 0.1) is 0 Å². The molecule has 1 unspecified atom stereocenters. The topological polar surface area (TPSA) is 120 Å². The lowest BCUT2D eigenvalue weighted by atomic mass is 9.88. The number of fused-ring (bicyclic) bond motifs is 1. The molecule has 0 bridgehead atoms. The summed E-state index contributed by atoms with van der Waals surface area (Å²) in [4.78, 5) is 39.1. The van der Waals surface area contributed by atoms with Gasteiger partial charge < -0.3 is 15.8 Å². The molecule has 0 radical (unpaired) electrons. The van der Waals surface area contributed by atoms with Crippen LogP contribution in [0.25, 0.3) is 33.3 Å². The van der Waals surface area contributed by atoms with E-state index >= 15 is 0 Å². The summed E-state index contributed by atoms with van der Waals surface area (Å²) < 4.78 is 5.34. The monoisotopic (exact) mass is 559 g/mol. The lowest BCUT2D eigenvalue weighted by Gasteiger charge is -2.20. The Kier molecular flexibility index (Phi) is 8.36. The van der Waals surface area contributed by atoms with E-state index in [-0.39, 0.29) is 12.3 Å². The predicted octanol–water partition coefficient (Wildman–Crippen LogP) is 6.04. The van der Waals surface area contributed by atoms with Gasteiger partial charge in [0.2, 0.25) is 0 Å². The second kappa shape index (κ2) is 12.3. The zero-order valence-corrected chi connectivity index (χ0v) is 23.9. The van der Waals surface area contributed by atoms with Gasteiger partial charge in [-0.2, -0.15) is 0 Å². The molecule has 1 amide bonds. The first-order valence-corrected chi connectivity index (χ1v) is 13.8. The van der Waals surface area contributed by atoms with Crippen LogP contribution in [-0.4, -0.2) is 39.0 Å². The molecule has 0 aliphatic carbocycles. The van der Waals surface area contributed by atoms with Crippen molar-refractivity contribution >= 4 is 22.8 Å². The van der Waals surface area contributed by atoms with Crippen LogP contribution < -0.4 is 11.1 Å². The van der Waals surface area contributed by atoms with Crippen molar-refractivity contribution in [3.05, 3.63) is 114 Å². The zero-order chi connectivity index (χ0) is 29.7. The third-order valence-electron chi connectivity index (χ3n) is 6.76. The van der Waals surface area contributed by atoms with Crippen molar-refractivity contribution in [2.24, 2.45) is 5.73 Å². The second-order valence-corrected chi connectivity index (χ2v) is 10.9. The number of amides is 1. The number of nitrogens with two attached hydrogens (primary N) is 1. The van der Waals surface area contributed by atoms with Crippen molar-refractivity contribution in [1.82, 2.24) is 20.3 Å². The molecule has 0 saturated heterocycles. The Bertz CT molecular complexity index is 1700. The van der Waals surface area contributed by atoms with Gasteiger partial charge in [0.05, 0.1) is 29.4 Å². The molecule has 0 fully saturated rings. The van der Waals surface area contributed by atoms with Gasteiger partial charge in [-0.3, -0.25) is 14.8 Å². The van der Waals surface area contributed by atoms with E-state index in [0.717, 1.165) is 38.9 Å². The van der Waals surface area contributed by atoms with Crippen molar-refractivity contribution in [2.75, 3.05) is 6.54 Å². The number of hydrogen-bond donors (Lipinski definition) is 2. The summed E-state index contributed by atoms with van der Waals surface area (Å²) in [5, 5.41) is 3.58. The lowest BCUT2D eigenvalue weighted by Crippen LogP contribution is -2.32. The summed E-state index contributed by atoms with van der Waals surface area (Å²) >= 11 is 0. The standard InChI is InChI=1S/C34H33N5O3/c1-34(2,3)42-33(41)38-21-22-9-11-25(12-10-22)31-26(23-7-5-4-6-8-23)19-27-28(39-31)15-18-37-32(27)30(29(40)20-35)24-13-16-36-17-14-24/h4-19,30H,20-21,35H2,1-3H3,(H,38,41). The fourth-order valence-electron chi connectivity index (χ4n) is 4.84. The van der Waals surface area contributed by atoms with Gasteiger partial charge in [0.25, 0.3) is 0 Å². The molecular formula is C34H33N5O3. The first-order valence-electron chi connectivity index (χ1n) is 13.8. The van der Waals surface area contributed by atoms with E-state index in [0.29, 0.717) is 17.8 Å². The molecule has 0 aliphatic rings. The van der Waals surface area contributed by atoms with E-state index in [1.54, 1.807) is 18.6 Å². The van der Waals surface area contributed by atoms with Crippen LogP contribution in [0.15, 0.2) is 97.5 Å². The first kappa shape index (κ1) is 28.6. The number of aromatic nitrogens is 3. The Labute approximate surface area is 245 Å². The van der Waals surface area contributed by atoms with Crippen molar-refractivity contribution in [3.8, 4) is 22.4 Å². The van der Waals surface area contributed by atoms with Crippen LogP contribution in [0.1, 0.15) is 43.5 Å². The third-order valence-corrected chi connectivity index (χ3v) is 6.76. The van der Waals surface area contributed by atoms with E-state index in [4.69, 9.17) is 15.5 Å². The summed E-state index contributed by atoms with van der Waals surface area (Å²) in [5.41, 5.74) is 11.9. The van der Waals surface area contributed by atoms with Gasteiger partial charge in [-0.25, -0.2) is 9.78 Å². The number of ketones is 1.